The number of carbonyl (C=O) groups excluding carboxylic acids is 3. The molecule has 234 valence electrons. The van der Waals surface area contributed by atoms with Gasteiger partial charge in [0.1, 0.15) is 11.6 Å². The van der Waals surface area contributed by atoms with Gasteiger partial charge in [0.2, 0.25) is 5.75 Å². The minimum Gasteiger partial charge on any atom is -0.501 e. The topological polar surface area (TPSA) is 155 Å². The number of hydrogen-bond donors (Lipinski definition) is 3. The third-order valence-corrected chi connectivity index (χ3v) is 8.70. The molecule has 0 spiro atoms. The number of aromatic nitrogens is 2. The first-order valence-electron chi connectivity index (χ1n) is 14.7. The van der Waals surface area contributed by atoms with Gasteiger partial charge >= 0.3 is 11.8 Å². The lowest BCUT2D eigenvalue weighted by Gasteiger charge is -2.42. The minimum atomic E-state index is -1.29. The maximum Gasteiger partial charge on any atom is 0.311 e. The molecule has 0 unspecified atom stereocenters. The van der Waals surface area contributed by atoms with E-state index >= 15 is 0 Å². The number of aliphatic imine (C=N–C) groups is 1. The molecule has 44 heavy (non-hydrogen) atoms. The van der Waals surface area contributed by atoms with Gasteiger partial charge in [-0.15, -0.1) is 0 Å². The number of hydrogen-bond acceptors (Lipinski definition) is 8. The van der Waals surface area contributed by atoms with Crippen molar-refractivity contribution >= 4 is 23.6 Å². The van der Waals surface area contributed by atoms with Gasteiger partial charge in [-0.1, -0.05) is 12.1 Å². The summed E-state index contributed by atoms with van der Waals surface area (Å²) in [5.74, 6) is -2.47. The Morgan fingerprint density at radius 3 is 2.57 bits per heavy atom. The van der Waals surface area contributed by atoms with Crippen LogP contribution in [0.2, 0.25) is 0 Å². The Bertz CT molecular complexity index is 1640. The first-order chi connectivity index (χ1) is 20.9. The second kappa shape index (κ2) is 11.9. The molecular weight excluding hydrogens is 571 g/mol. The zero-order chi connectivity index (χ0) is 31.8. The Hall–Kier alpha value is -4.55. The van der Waals surface area contributed by atoms with E-state index in [1.807, 2.05) is 13.0 Å². The largest absolute Gasteiger partial charge is 0.501 e. The average molecular weight is 609 g/mol. The maximum absolute atomic E-state index is 13.8. The van der Waals surface area contributed by atoms with Crippen molar-refractivity contribution in [3.05, 3.63) is 68.9 Å². The molecule has 3 N–H and O–H groups in total. The average Bonchev–Trinajstić information content (AvgIpc) is 3.20. The molecule has 1 aromatic carbocycles. The molecule has 4 aliphatic rings. The molecule has 1 fully saturated rings. The number of nitrogens with one attached hydrogen (secondary N) is 2. The molecule has 0 saturated heterocycles. The number of aryl methyl sites for hydroxylation is 1. The second-order valence-electron chi connectivity index (χ2n) is 12.1. The maximum atomic E-state index is 13.8. The van der Waals surface area contributed by atoms with Crippen LogP contribution in [0, 0.1) is 18.2 Å². The third-order valence-electron chi connectivity index (χ3n) is 8.70. The predicted molar refractivity (Wildman–Crippen MR) is 158 cm³/mol. The fourth-order valence-electron chi connectivity index (χ4n) is 6.15. The molecule has 12 nitrogen and oxygen atoms in total. The summed E-state index contributed by atoms with van der Waals surface area (Å²) in [5, 5.41) is 16.5. The van der Waals surface area contributed by atoms with Gasteiger partial charge in [-0.05, 0) is 75.6 Å². The fourth-order valence-corrected chi connectivity index (χ4v) is 6.15. The first kappa shape index (κ1) is 30.9. The monoisotopic (exact) mass is 608 g/mol. The molecule has 1 aromatic heterocycles. The van der Waals surface area contributed by atoms with Gasteiger partial charge in [0, 0.05) is 33.7 Å². The van der Waals surface area contributed by atoms with E-state index in [-0.39, 0.29) is 37.6 Å². The number of amides is 3. The number of rotatable bonds is 5. The number of benzene rings is 1. The number of fused-ring (bicyclic) bond motifs is 2. The summed E-state index contributed by atoms with van der Waals surface area (Å²) in [6.07, 6.45) is 5.08. The Balaban J connectivity index is 1.57. The lowest BCUT2D eigenvalue weighted by atomic mass is 9.68. The predicted octanol–water partition coefficient (Wildman–Crippen LogP) is 2.41. The SMILES string of the molecule is CC1=CCCCN=C(C23CCC(NC(=O)C(=O)N(C)C)(CC2)c2nc(C(=O)NCc4ccc(F)c(C)c4)c(O)c(=O)n2C3)O1. The van der Waals surface area contributed by atoms with Crippen LogP contribution in [0.4, 0.5) is 4.39 Å². The zero-order valence-corrected chi connectivity index (χ0v) is 25.3. The van der Waals surface area contributed by atoms with Crippen LogP contribution in [-0.2, 0) is 33.0 Å². The highest BCUT2D eigenvalue weighted by Gasteiger charge is 2.55. The summed E-state index contributed by atoms with van der Waals surface area (Å²) in [5.41, 5.74) is -2.39. The van der Waals surface area contributed by atoms with Gasteiger partial charge in [0.25, 0.3) is 11.5 Å². The molecule has 1 saturated carbocycles. The number of likely N-dealkylation sites (N-methyl/N-ethyl adjacent to an activating group) is 1. The summed E-state index contributed by atoms with van der Waals surface area (Å²) in [4.78, 5) is 63.3. The van der Waals surface area contributed by atoms with Crippen molar-refractivity contribution in [2.24, 2.45) is 10.4 Å². The van der Waals surface area contributed by atoms with E-state index in [2.05, 4.69) is 15.6 Å². The van der Waals surface area contributed by atoms with E-state index in [1.54, 1.807) is 13.0 Å². The zero-order valence-electron chi connectivity index (χ0n) is 25.3. The van der Waals surface area contributed by atoms with E-state index in [0.29, 0.717) is 42.2 Å². The molecule has 0 radical (unpaired) electrons. The van der Waals surface area contributed by atoms with Gasteiger partial charge in [-0.2, -0.15) is 0 Å². The molecule has 1 aliphatic carbocycles. The van der Waals surface area contributed by atoms with Gasteiger partial charge in [0.15, 0.2) is 11.6 Å². The standard InChI is InChI=1S/C31H37FN6O6/c1-18-15-20(8-9-21(18)32)16-34-24(40)22-23(39)26(42)38-17-30(29-33-14-6-5-7-19(2)44-29)10-12-31(13-11-30,28(38)35-22)36-25(41)27(43)37(3)4/h7-9,15,39H,5-6,10-14,16-17H2,1-4H3,(H,34,40)(H,36,41). The number of allylic oxidation sites excluding steroid dienone is 2. The Labute approximate surface area is 254 Å². The summed E-state index contributed by atoms with van der Waals surface area (Å²) in [7, 11) is 2.91. The number of halogens is 1. The number of nitrogens with zero attached hydrogens (tertiary/aromatic N) is 4. The van der Waals surface area contributed by atoms with Crippen molar-refractivity contribution in [3.8, 4) is 5.75 Å². The highest BCUT2D eigenvalue weighted by atomic mass is 19.1. The van der Waals surface area contributed by atoms with Crippen molar-refractivity contribution in [1.82, 2.24) is 25.1 Å². The summed E-state index contributed by atoms with van der Waals surface area (Å²) in [6.45, 7) is 4.02. The van der Waals surface area contributed by atoms with Crippen LogP contribution in [-0.4, -0.2) is 63.8 Å². The van der Waals surface area contributed by atoms with Crippen molar-refractivity contribution < 1.29 is 28.6 Å². The molecule has 3 aliphatic heterocycles. The third kappa shape index (κ3) is 5.70. The summed E-state index contributed by atoms with van der Waals surface area (Å²) in [6, 6.07) is 4.39. The van der Waals surface area contributed by atoms with E-state index in [9.17, 15) is 28.7 Å². The molecular formula is C31H37FN6O6. The fraction of sp³-hybridized carbons (Fsp3) is 0.484. The van der Waals surface area contributed by atoms with Crippen LogP contribution in [0.3, 0.4) is 0 Å². The summed E-state index contributed by atoms with van der Waals surface area (Å²) >= 11 is 0. The van der Waals surface area contributed by atoms with E-state index in [0.717, 1.165) is 17.7 Å². The van der Waals surface area contributed by atoms with Gasteiger partial charge in [-0.25, -0.2) is 9.37 Å². The van der Waals surface area contributed by atoms with Crippen LogP contribution in [0.15, 0.2) is 39.8 Å². The lowest BCUT2D eigenvalue weighted by molar-refractivity contribution is -0.145. The normalized spacial score (nSPS) is 22.7. The van der Waals surface area contributed by atoms with Crippen molar-refractivity contribution in [2.75, 3.05) is 20.6 Å². The molecule has 3 amide bonds. The Morgan fingerprint density at radius 2 is 1.89 bits per heavy atom. The highest BCUT2D eigenvalue weighted by Crippen LogP contribution is 2.51. The molecule has 4 heterocycles. The number of aromatic hydroxyl groups is 1. The van der Waals surface area contributed by atoms with Gasteiger partial charge < -0.3 is 25.4 Å². The minimum absolute atomic E-state index is 0.00809. The molecule has 13 heteroatoms. The molecule has 2 bridgehead atoms. The second-order valence-corrected chi connectivity index (χ2v) is 12.1. The van der Waals surface area contributed by atoms with Gasteiger partial charge in [-0.3, -0.25) is 28.7 Å². The van der Waals surface area contributed by atoms with Crippen LogP contribution >= 0.6 is 0 Å². The molecule has 2 aromatic rings. The molecule has 6 rings (SSSR count). The van der Waals surface area contributed by atoms with Crippen LogP contribution < -0.4 is 16.2 Å². The Morgan fingerprint density at radius 1 is 1.16 bits per heavy atom. The van der Waals surface area contributed by atoms with Crippen LogP contribution in [0.25, 0.3) is 0 Å². The number of carbonyl (C=O) groups is 3. The van der Waals surface area contributed by atoms with Crippen molar-refractivity contribution in [3.63, 3.8) is 0 Å². The van der Waals surface area contributed by atoms with Crippen molar-refractivity contribution in [2.45, 2.75) is 71.0 Å². The van der Waals surface area contributed by atoms with E-state index in [4.69, 9.17) is 9.73 Å². The van der Waals surface area contributed by atoms with Crippen LogP contribution in [0.5, 0.6) is 5.75 Å². The van der Waals surface area contributed by atoms with Crippen LogP contribution in [0.1, 0.15) is 72.9 Å². The quantitative estimate of drug-likeness (QED) is 0.441. The van der Waals surface area contributed by atoms with E-state index in [1.165, 1.54) is 30.8 Å². The Kier molecular flexibility index (Phi) is 8.32. The first-order valence-corrected chi connectivity index (χ1v) is 14.7. The molecule has 0 atom stereocenters. The smallest absolute Gasteiger partial charge is 0.311 e. The lowest BCUT2D eigenvalue weighted by Crippen LogP contribution is -2.54. The van der Waals surface area contributed by atoms with Gasteiger partial charge in [0.05, 0.1) is 16.7 Å². The summed E-state index contributed by atoms with van der Waals surface area (Å²) < 4.78 is 21.2. The van der Waals surface area contributed by atoms with E-state index < -0.39 is 45.7 Å². The number of ether oxygens (including phenoxy) is 1. The highest BCUT2D eigenvalue weighted by molar-refractivity contribution is 6.35. The van der Waals surface area contributed by atoms with Crippen molar-refractivity contribution in [1.29, 1.82) is 0 Å².